The Kier molecular flexibility index (Phi) is 6.39. The highest BCUT2D eigenvalue weighted by molar-refractivity contribution is 7.91. The van der Waals surface area contributed by atoms with Gasteiger partial charge in [-0.05, 0) is 12.1 Å². The number of furan rings is 1. The van der Waals surface area contributed by atoms with E-state index < -0.39 is 19.9 Å². The molecule has 122 valence electrons. The SMILES string of the molecule is CCS(=O)(=O)CCNS(=O)(=O)c1ccc(CNC(C)C)o1. The maximum absolute atomic E-state index is 11.9. The molecule has 0 amide bonds. The van der Waals surface area contributed by atoms with E-state index in [4.69, 9.17) is 4.42 Å². The van der Waals surface area contributed by atoms with Crippen LogP contribution in [0.4, 0.5) is 0 Å². The summed E-state index contributed by atoms with van der Waals surface area (Å²) in [7, 11) is -7.02. The number of rotatable bonds is 9. The standard InChI is InChI=1S/C12H22N2O5S2/c1-4-20(15,16)8-7-14-21(17,18)12-6-5-11(19-12)9-13-10(2)3/h5-6,10,13-14H,4,7-9H2,1-3H3. The average Bonchev–Trinajstić information content (AvgIpc) is 2.85. The minimum Gasteiger partial charge on any atom is -0.447 e. The number of sulfone groups is 1. The molecule has 1 aromatic rings. The van der Waals surface area contributed by atoms with E-state index in [1.54, 1.807) is 6.07 Å². The Morgan fingerprint density at radius 3 is 2.43 bits per heavy atom. The molecule has 1 rings (SSSR count). The first-order valence-corrected chi connectivity index (χ1v) is 9.99. The molecule has 1 aromatic heterocycles. The zero-order chi connectivity index (χ0) is 16.1. The van der Waals surface area contributed by atoms with Crippen molar-refractivity contribution < 1.29 is 21.3 Å². The summed E-state index contributed by atoms with van der Waals surface area (Å²) in [6.07, 6.45) is 0. The molecule has 9 heteroatoms. The van der Waals surface area contributed by atoms with E-state index in [-0.39, 0.29) is 29.2 Å². The Balaban J connectivity index is 2.62. The highest BCUT2D eigenvalue weighted by atomic mass is 32.2. The lowest BCUT2D eigenvalue weighted by atomic mass is 10.3. The van der Waals surface area contributed by atoms with Gasteiger partial charge in [0.25, 0.3) is 10.0 Å². The Hall–Kier alpha value is -0.900. The fourth-order valence-corrected chi connectivity index (χ4v) is 3.26. The van der Waals surface area contributed by atoms with Gasteiger partial charge in [0.2, 0.25) is 5.09 Å². The van der Waals surface area contributed by atoms with Crippen LogP contribution in [0.15, 0.2) is 21.6 Å². The van der Waals surface area contributed by atoms with Crippen molar-refractivity contribution in [2.75, 3.05) is 18.1 Å². The van der Waals surface area contributed by atoms with Crippen molar-refractivity contribution >= 4 is 19.9 Å². The summed E-state index contributed by atoms with van der Waals surface area (Å²) in [5, 5.41) is 2.90. The summed E-state index contributed by atoms with van der Waals surface area (Å²) in [4.78, 5) is 0. The lowest BCUT2D eigenvalue weighted by molar-refractivity contribution is 0.393. The van der Waals surface area contributed by atoms with E-state index in [1.165, 1.54) is 13.0 Å². The third-order valence-electron chi connectivity index (χ3n) is 2.73. The first kappa shape index (κ1) is 18.1. The van der Waals surface area contributed by atoms with Crippen molar-refractivity contribution in [1.82, 2.24) is 10.0 Å². The van der Waals surface area contributed by atoms with Crippen LogP contribution < -0.4 is 10.0 Å². The summed E-state index contributed by atoms with van der Waals surface area (Å²) in [5.74, 6) is 0.261. The lowest BCUT2D eigenvalue weighted by Gasteiger charge is -2.06. The van der Waals surface area contributed by atoms with E-state index in [2.05, 4.69) is 10.0 Å². The lowest BCUT2D eigenvalue weighted by Crippen LogP contribution is -2.29. The van der Waals surface area contributed by atoms with Gasteiger partial charge in [-0.3, -0.25) is 0 Å². The molecular formula is C12H22N2O5S2. The molecule has 0 fully saturated rings. The van der Waals surface area contributed by atoms with E-state index in [0.717, 1.165) is 0 Å². The van der Waals surface area contributed by atoms with Crippen molar-refractivity contribution in [3.63, 3.8) is 0 Å². The summed E-state index contributed by atoms with van der Waals surface area (Å²) < 4.78 is 54.0. The predicted molar refractivity (Wildman–Crippen MR) is 80.2 cm³/mol. The maximum atomic E-state index is 11.9. The van der Waals surface area contributed by atoms with Crippen molar-refractivity contribution in [3.8, 4) is 0 Å². The second-order valence-corrected chi connectivity index (χ2v) is 9.06. The zero-order valence-corrected chi connectivity index (χ0v) is 14.1. The Labute approximate surface area is 126 Å². The normalized spacial score (nSPS) is 13.0. The fraction of sp³-hybridized carbons (Fsp3) is 0.667. The van der Waals surface area contributed by atoms with Crippen molar-refractivity contribution in [2.24, 2.45) is 0 Å². The number of nitrogens with one attached hydrogen (secondary N) is 2. The van der Waals surface area contributed by atoms with Crippen LogP contribution in [-0.2, 0) is 26.4 Å². The molecule has 1 heterocycles. The van der Waals surface area contributed by atoms with Crippen molar-refractivity contribution in [3.05, 3.63) is 17.9 Å². The zero-order valence-electron chi connectivity index (χ0n) is 12.4. The first-order chi connectivity index (χ1) is 9.66. The molecule has 0 aliphatic rings. The Morgan fingerprint density at radius 1 is 1.19 bits per heavy atom. The maximum Gasteiger partial charge on any atom is 0.273 e. The third kappa shape index (κ3) is 6.16. The molecule has 0 aliphatic heterocycles. The van der Waals surface area contributed by atoms with Crippen molar-refractivity contribution in [1.29, 1.82) is 0 Å². The van der Waals surface area contributed by atoms with Gasteiger partial charge in [-0.2, -0.15) is 0 Å². The van der Waals surface area contributed by atoms with Gasteiger partial charge in [0.05, 0.1) is 12.3 Å². The second kappa shape index (κ2) is 7.39. The van der Waals surface area contributed by atoms with Gasteiger partial charge >= 0.3 is 0 Å². The minimum absolute atomic E-state index is 0.0134. The molecule has 0 aromatic carbocycles. The van der Waals surface area contributed by atoms with Crippen LogP contribution in [0.1, 0.15) is 26.5 Å². The van der Waals surface area contributed by atoms with Gasteiger partial charge in [-0.15, -0.1) is 0 Å². The molecule has 0 spiro atoms. The first-order valence-electron chi connectivity index (χ1n) is 6.68. The van der Waals surface area contributed by atoms with E-state index in [0.29, 0.717) is 12.3 Å². The summed E-state index contributed by atoms with van der Waals surface area (Å²) in [6.45, 7) is 5.72. The van der Waals surface area contributed by atoms with Gasteiger partial charge < -0.3 is 9.73 Å². The average molecular weight is 338 g/mol. The van der Waals surface area contributed by atoms with E-state index in [1.807, 2.05) is 13.8 Å². The van der Waals surface area contributed by atoms with Crippen LogP contribution in [0.2, 0.25) is 0 Å². The molecule has 0 saturated carbocycles. The van der Waals surface area contributed by atoms with E-state index >= 15 is 0 Å². The molecule has 21 heavy (non-hydrogen) atoms. The van der Waals surface area contributed by atoms with Crippen LogP contribution >= 0.6 is 0 Å². The number of hydrogen-bond donors (Lipinski definition) is 2. The number of hydrogen-bond acceptors (Lipinski definition) is 6. The minimum atomic E-state index is -3.82. The molecule has 2 N–H and O–H groups in total. The molecule has 0 bridgehead atoms. The Morgan fingerprint density at radius 2 is 1.86 bits per heavy atom. The Bertz CT molecular complexity index is 647. The second-order valence-electron chi connectivity index (χ2n) is 4.89. The summed E-state index contributed by atoms with van der Waals surface area (Å²) >= 11 is 0. The van der Waals surface area contributed by atoms with Gasteiger partial charge in [0.1, 0.15) is 5.76 Å². The molecule has 7 nitrogen and oxygen atoms in total. The summed E-state index contributed by atoms with van der Waals surface area (Å²) in [5.41, 5.74) is 0. The fourth-order valence-electron chi connectivity index (χ4n) is 1.45. The van der Waals surface area contributed by atoms with Crippen LogP contribution in [0.25, 0.3) is 0 Å². The highest BCUT2D eigenvalue weighted by Crippen LogP contribution is 2.13. The van der Waals surface area contributed by atoms with Crippen LogP contribution in [-0.4, -0.2) is 40.9 Å². The molecular weight excluding hydrogens is 316 g/mol. The largest absolute Gasteiger partial charge is 0.447 e. The monoisotopic (exact) mass is 338 g/mol. The molecule has 0 atom stereocenters. The van der Waals surface area contributed by atoms with Gasteiger partial charge in [-0.1, -0.05) is 20.8 Å². The third-order valence-corrected chi connectivity index (χ3v) is 5.77. The van der Waals surface area contributed by atoms with Crippen LogP contribution in [0, 0.1) is 0 Å². The highest BCUT2D eigenvalue weighted by Gasteiger charge is 2.19. The topological polar surface area (TPSA) is 105 Å². The van der Waals surface area contributed by atoms with E-state index in [9.17, 15) is 16.8 Å². The van der Waals surface area contributed by atoms with Crippen LogP contribution in [0.5, 0.6) is 0 Å². The van der Waals surface area contributed by atoms with Gasteiger partial charge in [0.15, 0.2) is 9.84 Å². The summed E-state index contributed by atoms with van der Waals surface area (Å²) in [6, 6.07) is 3.19. The molecule has 0 unspecified atom stereocenters. The number of sulfonamides is 1. The van der Waals surface area contributed by atoms with Gasteiger partial charge in [-0.25, -0.2) is 21.6 Å². The quantitative estimate of drug-likeness (QED) is 0.679. The molecule has 0 aliphatic carbocycles. The van der Waals surface area contributed by atoms with Crippen LogP contribution in [0.3, 0.4) is 0 Å². The smallest absolute Gasteiger partial charge is 0.273 e. The van der Waals surface area contributed by atoms with Crippen molar-refractivity contribution in [2.45, 2.75) is 38.5 Å². The molecule has 0 saturated heterocycles. The van der Waals surface area contributed by atoms with Gasteiger partial charge in [0, 0.05) is 18.3 Å². The molecule has 0 radical (unpaired) electrons. The predicted octanol–water partition coefficient (Wildman–Crippen LogP) is 0.491.